The normalized spacial score (nSPS) is 18.5. The van der Waals surface area contributed by atoms with Crippen LogP contribution in [0.3, 0.4) is 0 Å². The van der Waals surface area contributed by atoms with Crippen molar-refractivity contribution in [2.45, 2.75) is 45.4 Å². The molecule has 1 aliphatic heterocycles. The zero-order valence-electron chi connectivity index (χ0n) is 17.3. The molecular formula is C25H26N2O3. The molecular weight excluding hydrogens is 376 g/mol. The van der Waals surface area contributed by atoms with E-state index in [4.69, 9.17) is 4.74 Å². The maximum absolute atomic E-state index is 12.9. The first-order valence-electron chi connectivity index (χ1n) is 11.0. The number of pyridine rings is 1. The summed E-state index contributed by atoms with van der Waals surface area (Å²) < 4.78 is 5.88. The number of allylic oxidation sites excluding steroid dienone is 1. The van der Waals surface area contributed by atoms with Crippen LogP contribution in [-0.4, -0.2) is 29.7 Å². The Morgan fingerprint density at radius 2 is 2.03 bits per heavy atom. The maximum Gasteiger partial charge on any atom is 0.189 e. The largest absolute Gasteiger partial charge is 0.488 e. The number of carbonyl (C=O) groups excluding carboxylic acids is 2. The summed E-state index contributed by atoms with van der Waals surface area (Å²) >= 11 is 0. The minimum Gasteiger partial charge on any atom is -0.488 e. The van der Waals surface area contributed by atoms with Gasteiger partial charge in [0.2, 0.25) is 0 Å². The van der Waals surface area contributed by atoms with Crippen molar-refractivity contribution < 1.29 is 14.3 Å². The molecule has 0 bridgehead atoms. The Hall–Kier alpha value is -2.95. The Morgan fingerprint density at radius 3 is 2.83 bits per heavy atom. The molecule has 0 amide bonds. The first kappa shape index (κ1) is 19.0. The lowest BCUT2D eigenvalue weighted by Crippen LogP contribution is -2.30. The Morgan fingerprint density at radius 1 is 1.20 bits per heavy atom. The molecule has 0 spiro atoms. The fourth-order valence-electron chi connectivity index (χ4n) is 4.82. The van der Waals surface area contributed by atoms with Crippen molar-refractivity contribution in [3.05, 3.63) is 52.7 Å². The van der Waals surface area contributed by atoms with Gasteiger partial charge < -0.3 is 9.64 Å². The van der Waals surface area contributed by atoms with Gasteiger partial charge in [0.1, 0.15) is 6.61 Å². The van der Waals surface area contributed by atoms with Crippen molar-refractivity contribution >= 4 is 29.1 Å². The number of ether oxygens (including phenoxy) is 1. The van der Waals surface area contributed by atoms with Crippen LogP contribution in [0.1, 0.15) is 71.7 Å². The second-order valence-electron chi connectivity index (χ2n) is 8.37. The van der Waals surface area contributed by atoms with Crippen LogP contribution in [-0.2, 0) is 0 Å². The Kier molecular flexibility index (Phi) is 4.89. The zero-order valence-corrected chi connectivity index (χ0v) is 17.3. The molecule has 1 aromatic heterocycles. The highest BCUT2D eigenvalue weighted by molar-refractivity contribution is 6.18. The molecule has 0 unspecified atom stereocenters. The van der Waals surface area contributed by atoms with Gasteiger partial charge in [-0.3, -0.25) is 9.59 Å². The van der Waals surface area contributed by atoms with Crippen LogP contribution in [0.5, 0.6) is 5.75 Å². The van der Waals surface area contributed by atoms with Gasteiger partial charge in [-0.25, -0.2) is 4.98 Å². The molecule has 154 valence electrons. The van der Waals surface area contributed by atoms with Crippen molar-refractivity contribution in [2.75, 3.05) is 18.1 Å². The number of aromatic nitrogens is 1. The molecule has 0 N–H and O–H groups in total. The average molecular weight is 402 g/mol. The monoisotopic (exact) mass is 402 g/mol. The molecule has 1 fully saturated rings. The Labute approximate surface area is 176 Å². The van der Waals surface area contributed by atoms with Gasteiger partial charge in [0.05, 0.1) is 6.54 Å². The van der Waals surface area contributed by atoms with Gasteiger partial charge in [-0.15, -0.1) is 0 Å². The smallest absolute Gasteiger partial charge is 0.189 e. The van der Waals surface area contributed by atoms with Crippen LogP contribution in [0, 0.1) is 5.92 Å². The van der Waals surface area contributed by atoms with E-state index in [9.17, 15) is 9.59 Å². The summed E-state index contributed by atoms with van der Waals surface area (Å²) in [6.45, 7) is 3.21. The second kappa shape index (κ2) is 7.71. The third-order valence-corrected chi connectivity index (χ3v) is 6.52. The molecule has 1 saturated carbocycles. The van der Waals surface area contributed by atoms with Crippen molar-refractivity contribution in [1.82, 2.24) is 4.98 Å². The van der Waals surface area contributed by atoms with Crippen LogP contribution in [0.25, 0.3) is 6.08 Å². The van der Waals surface area contributed by atoms with Crippen LogP contribution < -0.4 is 9.64 Å². The van der Waals surface area contributed by atoms with E-state index in [0.717, 1.165) is 60.3 Å². The summed E-state index contributed by atoms with van der Waals surface area (Å²) in [6, 6.07) is 7.79. The topological polar surface area (TPSA) is 59.5 Å². The first-order valence-corrected chi connectivity index (χ1v) is 11.0. The Balaban J connectivity index is 1.44. The van der Waals surface area contributed by atoms with E-state index >= 15 is 0 Å². The molecule has 2 aliphatic carbocycles. The van der Waals surface area contributed by atoms with E-state index in [1.807, 2.05) is 37.3 Å². The summed E-state index contributed by atoms with van der Waals surface area (Å²) in [6.07, 6.45) is 9.87. The first-order chi connectivity index (χ1) is 14.7. The molecule has 1 aromatic carbocycles. The lowest BCUT2D eigenvalue weighted by atomic mass is 9.84. The van der Waals surface area contributed by atoms with Gasteiger partial charge in [-0.1, -0.05) is 26.2 Å². The number of ketones is 2. The number of anilines is 2. The summed E-state index contributed by atoms with van der Waals surface area (Å²) in [4.78, 5) is 32.0. The van der Waals surface area contributed by atoms with Gasteiger partial charge in [0.15, 0.2) is 23.1 Å². The standard InChI is InChI=1S/C25H26N2O3/c1-2-16-12-18-13-20(8-9-21(18)24(16)29)27-10-11-30-22-14-19(15-26-25(22)27)23(28)17-6-4-3-5-7-17/h8-9,12-15,17H,2-7,10-11H2,1H3. The fraction of sp³-hybridized carbons (Fsp3) is 0.400. The lowest BCUT2D eigenvalue weighted by Gasteiger charge is -2.30. The molecule has 0 saturated heterocycles. The quantitative estimate of drug-likeness (QED) is 0.644. The number of hydrogen-bond acceptors (Lipinski definition) is 5. The SMILES string of the molecule is CCC1=Cc2cc(N3CCOc4cc(C(=O)C5CCCCC5)cnc43)ccc2C1=O. The van der Waals surface area contributed by atoms with E-state index < -0.39 is 0 Å². The number of hydrogen-bond donors (Lipinski definition) is 0. The fourth-order valence-corrected chi connectivity index (χ4v) is 4.82. The summed E-state index contributed by atoms with van der Waals surface area (Å²) in [5.74, 6) is 1.83. The van der Waals surface area contributed by atoms with E-state index in [-0.39, 0.29) is 17.5 Å². The van der Waals surface area contributed by atoms with Gasteiger partial charge in [0, 0.05) is 34.5 Å². The number of Topliss-reactive ketones (excluding diaryl/α,β-unsaturated/α-hetero) is 2. The Bertz CT molecular complexity index is 1050. The summed E-state index contributed by atoms with van der Waals surface area (Å²) in [5, 5.41) is 0. The minimum absolute atomic E-state index is 0.118. The maximum atomic E-state index is 12.9. The van der Waals surface area contributed by atoms with Crippen molar-refractivity contribution in [1.29, 1.82) is 0 Å². The van der Waals surface area contributed by atoms with E-state index in [1.54, 1.807) is 6.20 Å². The number of benzene rings is 1. The van der Waals surface area contributed by atoms with E-state index in [0.29, 0.717) is 24.5 Å². The number of rotatable bonds is 4. The second-order valence-corrected chi connectivity index (χ2v) is 8.37. The summed E-state index contributed by atoms with van der Waals surface area (Å²) in [5.41, 5.74) is 4.22. The predicted octanol–water partition coefficient (Wildman–Crippen LogP) is 5.36. The van der Waals surface area contributed by atoms with Crippen molar-refractivity contribution in [3.8, 4) is 5.75 Å². The molecule has 30 heavy (non-hydrogen) atoms. The van der Waals surface area contributed by atoms with Crippen LogP contribution in [0.4, 0.5) is 11.5 Å². The van der Waals surface area contributed by atoms with Crippen molar-refractivity contribution in [3.63, 3.8) is 0 Å². The minimum atomic E-state index is 0.118. The van der Waals surface area contributed by atoms with Crippen LogP contribution in [0.2, 0.25) is 0 Å². The van der Waals surface area contributed by atoms with E-state index in [2.05, 4.69) is 9.88 Å². The van der Waals surface area contributed by atoms with Gasteiger partial charge in [0.25, 0.3) is 0 Å². The molecule has 5 rings (SSSR count). The number of fused-ring (bicyclic) bond motifs is 2. The highest BCUT2D eigenvalue weighted by Gasteiger charge is 2.28. The number of nitrogens with zero attached hydrogens (tertiary/aromatic N) is 2. The third-order valence-electron chi connectivity index (χ3n) is 6.52. The molecule has 3 aliphatic rings. The van der Waals surface area contributed by atoms with Gasteiger partial charge >= 0.3 is 0 Å². The van der Waals surface area contributed by atoms with Crippen molar-refractivity contribution in [2.24, 2.45) is 5.92 Å². The highest BCUT2D eigenvalue weighted by Crippen LogP contribution is 2.38. The average Bonchev–Trinajstić information content (AvgIpc) is 3.13. The molecule has 2 aromatic rings. The zero-order chi connectivity index (χ0) is 20.7. The van der Waals surface area contributed by atoms with Gasteiger partial charge in [-0.2, -0.15) is 0 Å². The van der Waals surface area contributed by atoms with Crippen LogP contribution in [0.15, 0.2) is 36.0 Å². The molecule has 2 heterocycles. The molecule has 5 heteroatoms. The molecule has 0 atom stereocenters. The highest BCUT2D eigenvalue weighted by atomic mass is 16.5. The third kappa shape index (κ3) is 3.22. The summed E-state index contributed by atoms with van der Waals surface area (Å²) in [7, 11) is 0. The molecule has 5 nitrogen and oxygen atoms in total. The number of carbonyl (C=O) groups is 2. The molecule has 0 radical (unpaired) electrons. The lowest BCUT2D eigenvalue weighted by molar-refractivity contribution is 0.0888. The predicted molar refractivity (Wildman–Crippen MR) is 117 cm³/mol. The van der Waals surface area contributed by atoms with E-state index in [1.165, 1.54) is 6.42 Å². The van der Waals surface area contributed by atoms with Gasteiger partial charge in [-0.05, 0) is 55.2 Å². The van der Waals surface area contributed by atoms with Crippen LogP contribution >= 0.6 is 0 Å².